The average Bonchev–Trinajstić information content (AvgIpc) is 2.43. The quantitative estimate of drug-likeness (QED) is 0.868. The summed E-state index contributed by atoms with van der Waals surface area (Å²) in [5.41, 5.74) is 1.34. The standard InChI is InChI=1S/C16H23NO.ClH/c1-2-17-14-3-5-15(6-4-14)18-16-10-7-13(8-11-16)9-12-16;/h3-6,13,17H,2,7-12H2,1H3;1H. The summed E-state index contributed by atoms with van der Waals surface area (Å²) < 4.78 is 6.34. The van der Waals surface area contributed by atoms with E-state index in [1.807, 2.05) is 0 Å². The molecule has 3 saturated carbocycles. The van der Waals surface area contributed by atoms with Gasteiger partial charge in [0.05, 0.1) is 0 Å². The fourth-order valence-electron chi connectivity index (χ4n) is 3.46. The highest BCUT2D eigenvalue weighted by atomic mass is 35.5. The molecule has 4 rings (SSSR count). The molecule has 0 saturated heterocycles. The van der Waals surface area contributed by atoms with Gasteiger partial charge in [-0.3, -0.25) is 0 Å². The Morgan fingerprint density at radius 2 is 1.68 bits per heavy atom. The van der Waals surface area contributed by atoms with Crippen molar-refractivity contribution in [1.82, 2.24) is 0 Å². The van der Waals surface area contributed by atoms with Gasteiger partial charge in [0.25, 0.3) is 0 Å². The highest BCUT2D eigenvalue weighted by molar-refractivity contribution is 5.85. The molecule has 3 aliphatic rings. The Labute approximate surface area is 122 Å². The first-order valence-electron chi connectivity index (χ1n) is 7.33. The van der Waals surface area contributed by atoms with Gasteiger partial charge in [-0.15, -0.1) is 12.4 Å². The van der Waals surface area contributed by atoms with E-state index in [2.05, 4.69) is 36.5 Å². The van der Waals surface area contributed by atoms with Crippen molar-refractivity contribution in [3.63, 3.8) is 0 Å². The Balaban J connectivity index is 0.00000133. The molecule has 3 fully saturated rings. The minimum absolute atomic E-state index is 0. The molecule has 1 aromatic rings. The molecule has 0 aromatic heterocycles. The van der Waals surface area contributed by atoms with Crippen molar-refractivity contribution in [2.75, 3.05) is 11.9 Å². The number of hydrogen-bond acceptors (Lipinski definition) is 2. The van der Waals surface area contributed by atoms with Crippen LogP contribution in [0.4, 0.5) is 5.69 Å². The van der Waals surface area contributed by atoms with E-state index in [1.165, 1.54) is 44.2 Å². The summed E-state index contributed by atoms with van der Waals surface area (Å²) >= 11 is 0. The molecule has 106 valence electrons. The van der Waals surface area contributed by atoms with Gasteiger partial charge in [0.1, 0.15) is 11.4 Å². The monoisotopic (exact) mass is 281 g/mol. The van der Waals surface area contributed by atoms with Crippen LogP contribution in [0.3, 0.4) is 0 Å². The van der Waals surface area contributed by atoms with Gasteiger partial charge in [0, 0.05) is 12.2 Å². The first kappa shape index (κ1) is 14.5. The molecule has 0 unspecified atom stereocenters. The molecule has 1 aromatic carbocycles. The number of benzene rings is 1. The van der Waals surface area contributed by atoms with Gasteiger partial charge < -0.3 is 10.1 Å². The second kappa shape index (κ2) is 6.04. The number of halogens is 1. The summed E-state index contributed by atoms with van der Waals surface area (Å²) in [6.07, 6.45) is 7.88. The summed E-state index contributed by atoms with van der Waals surface area (Å²) in [6.45, 7) is 3.08. The van der Waals surface area contributed by atoms with E-state index in [4.69, 9.17) is 4.74 Å². The zero-order chi connectivity index (χ0) is 12.4. The van der Waals surface area contributed by atoms with Crippen molar-refractivity contribution in [1.29, 1.82) is 0 Å². The molecule has 0 aliphatic heterocycles. The van der Waals surface area contributed by atoms with Crippen molar-refractivity contribution in [2.24, 2.45) is 5.92 Å². The fourth-order valence-corrected chi connectivity index (χ4v) is 3.46. The van der Waals surface area contributed by atoms with Crippen LogP contribution >= 0.6 is 12.4 Å². The maximum absolute atomic E-state index is 6.34. The largest absolute Gasteiger partial charge is 0.487 e. The number of anilines is 1. The van der Waals surface area contributed by atoms with Gasteiger partial charge in [-0.1, -0.05) is 0 Å². The molecule has 3 aliphatic carbocycles. The first-order chi connectivity index (χ1) is 8.80. The van der Waals surface area contributed by atoms with Crippen LogP contribution in [-0.2, 0) is 0 Å². The van der Waals surface area contributed by atoms with Crippen molar-refractivity contribution in [2.45, 2.75) is 51.0 Å². The maximum atomic E-state index is 6.34. The lowest BCUT2D eigenvalue weighted by atomic mass is 9.68. The minimum Gasteiger partial charge on any atom is -0.487 e. The van der Waals surface area contributed by atoms with Crippen LogP contribution in [0.25, 0.3) is 0 Å². The highest BCUT2D eigenvalue weighted by Crippen LogP contribution is 2.46. The van der Waals surface area contributed by atoms with E-state index in [-0.39, 0.29) is 18.0 Å². The molecule has 2 nitrogen and oxygen atoms in total. The van der Waals surface area contributed by atoms with Crippen molar-refractivity contribution in [3.05, 3.63) is 24.3 Å². The third-order valence-electron chi connectivity index (χ3n) is 4.59. The van der Waals surface area contributed by atoms with Crippen LogP contribution in [0, 0.1) is 5.92 Å². The molecule has 0 heterocycles. The summed E-state index contributed by atoms with van der Waals surface area (Å²) in [4.78, 5) is 0. The van der Waals surface area contributed by atoms with Gasteiger partial charge in [-0.25, -0.2) is 0 Å². The Morgan fingerprint density at radius 3 is 2.21 bits per heavy atom. The van der Waals surface area contributed by atoms with Crippen LogP contribution in [0.2, 0.25) is 0 Å². The summed E-state index contributed by atoms with van der Waals surface area (Å²) in [7, 11) is 0. The van der Waals surface area contributed by atoms with Crippen LogP contribution in [0.5, 0.6) is 5.75 Å². The molecule has 3 heteroatoms. The van der Waals surface area contributed by atoms with Gasteiger partial charge in [0.15, 0.2) is 0 Å². The maximum Gasteiger partial charge on any atom is 0.120 e. The summed E-state index contributed by atoms with van der Waals surface area (Å²) in [6, 6.07) is 8.44. The lowest BCUT2D eigenvalue weighted by Gasteiger charge is -2.46. The van der Waals surface area contributed by atoms with Crippen LogP contribution in [0.15, 0.2) is 24.3 Å². The molecule has 19 heavy (non-hydrogen) atoms. The van der Waals surface area contributed by atoms with Crippen molar-refractivity contribution in [3.8, 4) is 5.75 Å². The van der Waals surface area contributed by atoms with Gasteiger partial charge in [-0.05, 0) is 75.6 Å². The van der Waals surface area contributed by atoms with Gasteiger partial charge in [0.2, 0.25) is 0 Å². The molecule has 2 bridgehead atoms. The number of nitrogens with one attached hydrogen (secondary N) is 1. The van der Waals surface area contributed by atoms with Crippen LogP contribution in [-0.4, -0.2) is 12.1 Å². The Morgan fingerprint density at radius 1 is 1.11 bits per heavy atom. The Kier molecular flexibility index (Phi) is 4.62. The van der Waals surface area contributed by atoms with E-state index >= 15 is 0 Å². The third-order valence-corrected chi connectivity index (χ3v) is 4.59. The number of hydrogen-bond donors (Lipinski definition) is 1. The molecular formula is C16H24ClNO. The van der Waals surface area contributed by atoms with E-state index < -0.39 is 0 Å². The van der Waals surface area contributed by atoms with E-state index in [0.717, 1.165) is 18.2 Å². The molecular weight excluding hydrogens is 258 g/mol. The average molecular weight is 282 g/mol. The molecule has 1 N–H and O–H groups in total. The predicted molar refractivity (Wildman–Crippen MR) is 82.4 cm³/mol. The second-order valence-electron chi connectivity index (χ2n) is 5.82. The number of fused-ring (bicyclic) bond motifs is 3. The lowest BCUT2D eigenvalue weighted by Crippen LogP contribution is -2.44. The first-order valence-corrected chi connectivity index (χ1v) is 7.33. The number of ether oxygens (including phenoxy) is 1. The molecule has 0 atom stereocenters. The second-order valence-corrected chi connectivity index (χ2v) is 5.82. The zero-order valence-electron chi connectivity index (χ0n) is 11.7. The summed E-state index contributed by atoms with van der Waals surface area (Å²) in [5, 5.41) is 3.31. The molecule has 0 radical (unpaired) electrons. The van der Waals surface area contributed by atoms with E-state index in [1.54, 1.807) is 0 Å². The van der Waals surface area contributed by atoms with Crippen molar-refractivity contribution < 1.29 is 4.74 Å². The third kappa shape index (κ3) is 3.17. The van der Waals surface area contributed by atoms with Gasteiger partial charge >= 0.3 is 0 Å². The van der Waals surface area contributed by atoms with Gasteiger partial charge in [-0.2, -0.15) is 0 Å². The van der Waals surface area contributed by atoms with Crippen LogP contribution in [0.1, 0.15) is 45.4 Å². The highest BCUT2D eigenvalue weighted by Gasteiger charge is 2.42. The zero-order valence-corrected chi connectivity index (χ0v) is 12.5. The predicted octanol–water partition coefficient (Wildman–Crippen LogP) is 4.64. The molecule has 0 spiro atoms. The fraction of sp³-hybridized carbons (Fsp3) is 0.625. The topological polar surface area (TPSA) is 21.3 Å². The normalized spacial score (nSPS) is 28.6. The van der Waals surface area contributed by atoms with E-state index in [9.17, 15) is 0 Å². The molecule has 0 amide bonds. The Hall–Kier alpha value is -0.890. The lowest BCUT2D eigenvalue weighted by molar-refractivity contribution is -0.0323. The smallest absolute Gasteiger partial charge is 0.120 e. The number of rotatable bonds is 4. The van der Waals surface area contributed by atoms with E-state index in [0.29, 0.717) is 0 Å². The Bertz CT molecular complexity index is 382. The summed E-state index contributed by atoms with van der Waals surface area (Å²) in [5.74, 6) is 2.03. The SMILES string of the molecule is CCNc1ccc(OC23CCC(CC2)CC3)cc1.Cl. The minimum atomic E-state index is 0. The van der Waals surface area contributed by atoms with Crippen molar-refractivity contribution >= 4 is 18.1 Å². The van der Waals surface area contributed by atoms with Crippen LogP contribution < -0.4 is 10.1 Å².